The molecule has 0 atom stereocenters. The van der Waals surface area contributed by atoms with Crippen LogP contribution in [-0.4, -0.2) is 59.2 Å². The molecule has 0 radical (unpaired) electrons. The summed E-state index contributed by atoms with van der Waals surface area (Å²) in [5.41, 5.74) is -0.425. The van der Waals surface area contributed by atoms with Crippen LogP contribution in [0.2, 0.25) is 5.02 Å². The first kappa shape index (κ1) is 30.6. The number of halogens is 5. The van der Waals surface area contributed by atoms with Crippen LogP contribution in [0, 0.1) is 0 Å². The van der Waals surface area contributed by atoms with Crippen molar-refractivity contribution in [3.8, 4) is 5.75 Å². The maximum atomic E-state index is 13.3. The maximum Gasteiger partial charge on any atom is 0.306 e. The van der Waals surface area contributed by atoms with Gasteiger partial charge in [-0.15, -0.1) is 23.1 Å². The Balaban J connectivity index is 1.25. The molecule has 0 spiro atoms. The summed E-state index contributed by atoms with van der Waals surface area (Å²) in [6.45, 7) is 0.150. The molecular formula is C25H24ClF4N5O4S3. The SMILES string of the molecule is CS(=O)(=O)Oc1cccc(Cl)c1C1=CSCN1c1csc(C2CCN(C(=O)Cn3nc(C(F)F)cc3C(F)F)CC2)n1. The van der Waals surface area contributed by atoms with E-state index in [1.165, 1.54) is 34.1 Å². The molecule has 42 heavy (non-hydrogen) atoms. The Bertz CT molecular complexity index is 1610. The fourth-order valence-electron chi connectivity index (χ4n) is 4.75. The second-order valence-electron chi connectivity index (χ2n) is 9.58. The Morgan fingerprint density at radius 2 is 1.93 bits per heavy atom. The lowest BCUT2D eigenvalue weighted by Crippen LogP contribution is -2.40. The number of rotatable bonds is 9. The number of hydrogen-bond donors (Lipinski definition) is 0. The summed E-state index contributed by atoms with van der Waals surface area (Å²) in [5.74, 6) is 0.859. The third-order valence-corrected chi connectivity index (χ3v) is 9.30. The van der Waals surface area contributed by atoms with E-state index in [-0.39, 0.29) is 11.7 Å². The van der Waals surface area contributed by atoms with Crippen LogP contribution in [0.15, 0.2) is 35.1 Å². The molecule has 0 unspecified atom stereocenters. The smallest absolute Gasteiger partial charge is 0.306 e. The minimum absolute atomic E-state index is 0.0479. The number of hydrogen-bond acceptors (Lipinski definition) is 9. The summed E-state index contributed by atoms with van der Waals surface area (Å²) >= 11 is 9.43. The van der Waals surface area contributed by atoms with Crippen molar-refractivity contribution in [3.05, 3.63) is 62.0 Å². The number of piperidine rings is 1. The van der Waals surface area contributed by atoms with Gasteiger partial charge in [-0.05, 0) is 36.4 Å². The Labute approximate surface area is 252 Å². The number of thiazole rings is 1. The summed E-state index contributed by atoms with van der Waals surface area (Å²) < 4.78 is 82.0. The first-order valence-electron chi connectivity index (χ1n) is 12.6. The normalized spacial score (nSPS) is 16.5. The molecule has 3 aromatic rings. The average molecular weight is 666 g/mol. The molecule has 4 heterocycles. The van der Waals surface area contributed by atoms with E-state index < -0.39 is 46.8 Å². The summed E-state index contributed by atoms with van der Waals surface area (Å²) in [4.78, 5) is 21.1. The largest absolute Gasteiger partial charge is 0.382 e. The van der Waals surface area contributed by atoms with Crippen molar-refractivity contribution < 1.29 is 35.0 Å². The summed E-state index contributed by atoms with van der Waals surface area (Å²) in [5, 5.41) is 8.43. The van der Waals surface area contributed by atoms with Crippen molar-refractivity contribution in [2.45, 2.75) is 38.2 Å². The van der Waals surface area contributed by atoms with E-state index in [4.69, 9.17) is 20.8 Å². The summed E-state index contributed by atoms with van der Waals surface area (Å²) in [6, 6.07) is 5.41. The van der Waals surface area contributed by atoms with Crippen LogP contribution in [0.25, 0.3) is 5.70 Å². The van der Waals surface area contributed by atoms with Gasteiger partial charge in [-0.2, -0.15) is 13.5 Å². The standard InChI is InChI=1S/C25H24ClF4N5O4S3/c1-42(37,38)39-19-4-2-3-15(26)22(19)18-11-40-13-34(18)20-12-41-25(31-20)14-5-7-33(8-6-14)21(36)10-35-17(24(29)30)9-16(32-35)23(27)28/h2-4,9,11-12,14,23-24H,5-8,10,13H2,1H3. The molecule has 5 rings (SSSR count). The number of likely N-dealkylation sites (tertiary alicyclic amines) is 1. The monoisotopic (exact) mass is 665 g/mol. The van der Waals surface area contributed by atoms with Gasteiger partial charge >= 0.3 is 10.1 Å². The zero-order valence-corrected chi connectivity index (χ0v) is 25.1. The zero-order valence-electron chi connectivity index (χ0n) is 21.9. The lowest BCUT2D eigenvalue weighted by atomic mass is 9.97. The summed E-state index contributed by atoms with van der Waals surface area (Å²) in [7, 11) is -3.80. The highest BCUT2D eigenvalue weighted by Gasteiger charge is 2.31. The predicted molar refractivity (Wildman–Crippen MR) is 153 cm³/mol. The van der Waals surface area contributed by atoms with Crippen LogP contribution in [0.4, 0.5) is 23.4 Å². The fourth-order valence-corrected chi connectivity index (χ4v) is 7.35. The van der Waals surface area contributed by atoms with Crippen LogP contribution < -0.4 is 9.08 Å². The Morgan fingerprint density at radius 3 is 2.60 bits per heavy atom. The molecule has 2 aliphatic heterocycles. The van der Waals surface area contributed by atoms with Gasteiger partial charge in [-0.3, -0.25) is 9.48 Å². The van der Waals surface area contributed by atoms with E-state index in [0.29, 0.717) is 64.7 Å². The van der Waals surface area contributed by atoms with E-state index in [1.54, 1.807) is 12.1 Å². The molecule has 1 saturated heterocycles. The van der Waals surface area contributed by atoms with Gasteiger partial charge in [0, 0.05) is 24.4 Å². The lowest BCUT2D eigenvalue weighted by molar-refractivity contribution is -0.133. The minimum atomic E-state index is -3.80. The third-order valence-electron chi connectivity index (χ3n) is 6.71. The molecule has 9 nitrogen and oxygen atoms in total. The second-order valence-corrected chi connectivity index (χ2v) is 13.3. The average Bonchev–Trinajstić information content (AvgIpc) is 3.68. The number of nitrogens with zero attached hydrogens (tertiary/aromatic N) is 5. The first-order valence-corrected chi connectivity index (χ1v) is 16.7. The molecule has 0 aliphatic carbocycles. The topological polar surface area (TPSA) is 97.6 Å². The number of carbonyl (C=O) groups excluding carboxylic acids is 1. The Hall–Kier alpha value is -2.82. The van der Waals surface area contributed by atoms with Crippen molar-refractivity contribution in [2.24, 2.45) is 0 Å². The van der Waals surface area contributed by atoms with Crippen LogP contribution in [0.3, 0.4) is 0 Å². The number of thioether (sulfide) groups is 1. The molecule has 2 aliphatic rings. The van der Waals surface area contributed by atoms with Crippen LogP contribution >= 0.6 is 34.7 Å². The number of aromatic nitrogens is 3. The van der Waals surface area contributed by atoms with Crippen molar-refractivity contribution in [1.82, 2.24) is 19.7 Å². The molecule has 2 aromatic heterocycles. The highest BCUT2D eigenvalue weighted by atomic mass is 35.5. The molecule has 1 amide bonds. The number of carbonyl (C=O) groups is 1. The highest BCUT2D eigenvalue weighted by Crippen LogP contribution is 2.43. The third kappa shape index (κ3) is 6.71. The molecular weight excluding hydrogens is 642 g/mol. The Kier molecular flexibility index (Phi) is 9.06. The molecule has 0 N–H and O–H groups in total. The van der Waals surface area contributed by atoms with Crippen molar-refractivity contribution in [3.63, 3.8) is 0 Å². The van der Waals surface area contributed by atoms with Gasteiger partial charge in [0.15, 0.2) is 5.75 Å². The van der Waals surface area contributed by atoms with E-state index >= 15 is 0 Å². The van der Waals surface area contributed by atoms with E-state index in [0.717, 1.165) is 11.3 Å². The van der Waals surface area contributed by atoms with Crippen molar-refractivity contribution in [1.29, 1.82) is 0 Å². The van der Waals surface area contributed by atoms with Crippen molar-refractivity contribution in [2.75, 3.05) is 30.1 Å². The van der Waals surface area contributed by atoms with Crippen LogP contribution in [0.1, 0.15) is 53.6 Å². The fraction of sp³-hybridized carbons (Fsp3) is 0.400. The highest BCUT2D eigenvalue weighted by molar-refractivity contribution is 8.02. The van der Waals surface area contributed by atoms with E-state index in [1.807, 2.05) is 15.7 Å². The number of benzene rings is 1. The molecule has 226 valence electrons. The van der Waals surface area contributed by atoms with Gasteiger partial charge in [0.05, 0.1) is 33.4 Å². The zero-order chi connectivity index (χ0) is 30.2. The molecule has 0 saturated carbocycles. The quantitative estimate of drug-likeness (QED) is 0.199. The van der Waals surface area contributed by atoms with Crippen LogP contribution in [-0.2, 0) is 21.5 Å². The van der Waals surface area contributed by atoms with E-state index in [2.05, 4.69) is 5.10 Å². The van der Waals surface area contributed by atoms with E-state index in [9.17, 15) is 30.8 Å². The number of alkyl halides is 4. The van der Waals surface area contributed by atoms with Gasteiger partial charge in [-0.25, -0.2) is 22.5 Å². The van der Waals surface area contributed by atoms with Gasteiger partial charge < -0.3 is 14.0 Å². The molecule has 1 fully saturated rings. The first-order chi connectivity index (χ1) is 19.9. The molecule has 1 aromatic carbocycles. The lowest BCUT2D eigenvalue weighted by Gasteiger charge is -2.31. The van der Waals surface area contributed by atoms with Crippen LogP contribution in [0.5, 0.6) is 5.75 Å². The maximum absolute atomic E-state index is 13.3. The van der Waals surface area contributed by atoms with Gasteiger partial charge in [0.2, 0.25) is 5.91 Å². The second kappa shape index (κ2) is 12.4. The number of amides is 1. The summed E-state index contributed by atoms with van der Waals surface area (Å²) in [6.07, 6.45) is -3.94. The molecule has 0 bridgehead atoms. The van der Waals surface area contributed by atoms with Gasteiger partial charge in [0.1, 0.15) is 23.8 Å². The minimum Gasteiger partial charge on any atom is -0.382 e. The Morgan fingerprint density at radius 1 is 1.19 bits per heavy atom. The van der Waals surface area contributed by atoms with Gasteiger partial charge in [0.25, 0.3) is 12.9 Å². The number of anilines is 1. The van der Waals surface area contributed by atoms with Crippen molar-refractivity contribution >= 4 is 62.2 Å². The molecule has 17 heteroatoms. The predicted octanol–water partition coefficient (Wildman–Crippen LogP) is 6.12. The van der Waals surface area contributed by atoms with Gasteiger partial charge in [-0.1, -0.05) is 17.7 Å².